The fraction of sp³-hybridized carbons (Fsp3) is 0.778. The van der Waals surface area contributed by atoms with Crippen LogP contribution in [0.1, 0.15) is 6.42 Å². The van der Waals surface area contributed by atoms with Crippen LogP contribution in [-0.4, -0.2) is 68.0 Å². The van der Waals surface area contributed by atoms with Gasteiger partial charge in [-0.3, -0.25) is 4.79 Å². The standard InChI is InChI=1S/C9H16N2O5S/c1-17(15,16)5-2-8(12)11-4-3-10-6-7(11)9(13)14/h7,10H,2-6H2,1H3,(H,13,14). The summed E-state index contributed by atoms with van der Waals surface area (Å²) in [5, 5.41) is 11.8. The van der Waals surface area contributed by atoms with Gasteiger partial charge in [0, 0.05) is 32.3 Å². The van der Waals surface area contributed by atoms with Crippen molar-refractivity contribution in [1.82, 2.24) is 10.2 Å². The van der Waals surface area contributed by atoms with E-state index in [0.29, 0.717) is 13.1 Å². The monoisotopic (exact) mass is 264 g/mol. The van der Waals surface area contributed by atoms with Crippen molar-refractivity contribution >= 4 is 21.7 Å². The minimum absolute atomic E-state index is 0.164. The van der Waals surface area contributed by atoms with Gasteiger partial charge in [-0.25, -0.2) is 13.2 Å². The van der Waals surface area contributed by atoms with Gasteiger partial charge in [0.1, 0.15) is 15.9 Å². The van der Waals surface area contributed by atoms with Crippen LogP contribution in [0, 0.1) is 0 Å². The topological polar surface area (TPSA) is 104 Å². The van der Waals surface area contributed by atoms with Crippen LogP contribution in [-0.2, 0) is 19.4 Å². The molecule has 0 radical (unpaired) electrons. The molecule has 17 heavy (non-hydrogen) atoms. The molecule has 2 N–H and O–H groups in total. The van der Waals surface area contributed by atoms with Gasteiger partial charge in [-0.15, -0.1) is 0 Å². The van der Waals surface area contributed by atoms with E-state index in [2.05, 4.69) is 5.32 Å². The summed E-state index contributed by atoms with van der Waals surface area (Å²) in [6, 6.07) is -0.907. The third-order valence-electron chi connectivity index (χ3n) is 2.54. The number of sulfone groups is 1. The molecule has 1 rings (SSSR count). The number of carbonyl (C=O) groups excluding carboxylic acids is 1. The molecule has 1 aliphatic heterocycles. The maximum absolute atomic E-state index is 11.7. The Bertz CT molecular complexity index is 406. The van der Waals surface area contributed by atoms with E-state index in [1.807, 2.05) is 0 Å². The minimum Gasteiger partial charge on any atom is -0.480 e. The lowest BCUT2D eigenvalue weighted by molar-refractivity contribution is -0.151. The van der Waals surface area contributed by atoms with Crippen LogP contribution < -0.4 is 5.32 Å². The number of hydrogen-bond acceptors (Lipinski definition) is 5. The Labute approximate surface area is 99.7 Å². The Morgan fingerprint density at radius 3 is 2.65 bits per heavy atom. The first-order valence-electron chi connectivity index (χ1n) is 5.22. The van der Waals surface area contributed by atoms with E-state index >= 15 is 0 Å². The van der Waals surface area contributed by atoms with E-state index in [1.54, 1.807) is 0 Å². The minimum atomic E-state index is -3.21. The summed E-state index contributed by atoms with van der Waals surface area (Å²) in [6.45, 7) is 1.01. The summed E-state index contributed by atoms with van der Waals surface area (Å²) in [7, 11) is -3.21. The Balaban J connectivity index is 2.62. The predicted octanol–water partition coefficient (Wildman–Crippen LogP) is -1.69. The molecular weight excluding hydrogens is 248 g/mol. The first-order chi connectivity index (χ1) is 7.81. The Morgan fingerprint density at radius 1 is 1.47 bits per heavy atom. The molecule has 0 saturated carbocycles. The zero-order valence-corrected chi connectivity index (χ0v) is 10.4. The first-order valence-corrected chi connectivity index (χ1v) is 7.28. The molecule has 1 aliphatic rings. The van der Waals surface area contributed by atoms with Crippen molar-refractivity contribution in [2.24, 2.45) is 0 Å². The quantitative estimate of drug-likeness (QED) is 0.627. The number of piperazine rings is 1. The molecule has 98 valence electrons. The van der Waals surface area contributed by atoms with Gasteiger partial charge in [-0.1, -0.05) is 0 Å². The van der Waals surface area contributed by atoms with Crippen molar-refractivity contribution in [2.75, 3.05) is 31.6 Å². The summed E-state index contributed by atoms with van der Waals surface area (Å²) in [6.07, 6.45) is 0.884. The van der Waals surface area contributed by atoms with Gasteiger partial charge in [-0.2, -0.15) is 0 Å². The van der Waals surface area contributed by atoms with E-state index < -0.39 is 27.8 Å². The lowest BCUT2D eigenvalue weighted by atomic mass is 10.2. The second-order valence-corrected chi connectivity index (χ2v) is 6.28. The number of rotatable bonds is 4. The van der Waals surface area contributed by atoms with E-state index in [-0.39, 0.29) is 18.7 Å². The average molecular weight is 264 g/mol. The molecular formula is C9H16N2O5S. The van der Waals surface area contributed by atoms with E-state index in [4.69, 9.17) is 5.11 Å². The molecule has 0 spiro atoms. The van der Waals surface area contributed by atoms with Crippen molar-refractivity contribution < 1.29 is 23.1 Å². The van der Waals surface area contributed by atoms with Crippen LogP contribution in [0.15, 0.2) is 0 Å². The summed E-state index contributed by atoms with van der Waals surface area (Å²) < 4.78 is 21.9. The molecule has 0 aromatic rings. The molecule has 1 atom stereocenters. The highest BCUT2D eigenvalue weighted by molar-refractivity contribution is 7.90. The first kappa shape index (κ1) is 13.9. The molecule has 7 nitrogen and oxygen atoms in total. The molecule has 1 heterocycles. The number of hydrogen-bond donors (Lipinski definition) is 2. The third kappa shape index (κ3) is 4.31. The molecule has 1 unspecified atom stereocenters. The highest BCUT2D eigenvalue weighted by Gasteiger charge is 2.31. The molecule has 0 bridgehead atoms. The van der Waals surface area contributed by atoms with Crippen molar-refractivity contribution in [3.63, 3.8) is 0 Å². The third-order valence-corrected chi connectivity index (χ3v) is 3.48. The normalized spacial score (nSPS) is 21.2. The van der Waals surface area contributed by atoms with Crippen molar-refractivity contribution in [2.45, 2.75) is 12.5 Å². The van der Waals surface area contributed by atoms with Crippen LogP contribution in [0.4, 0.5) is 0 Å². The van der Waals surface area contributed by atoms with Gasteiger partial charge in [0.25, 0.3) is 0 Å². The van der Waals surface area contributed by atoms with Gasteiger partial charge >= 0.3 is 5.97 Å². The van der Waals surface area contributed by atoms with Gasteiger partial charge < -0.3 is 15.3 Å². The number of nitrogens with one attached hydrogen (secondary N) is 1. The van der Waals surface area contributed by atoms with Crippen LogP contribution in [0.3, 0.4) is 0 Å². The molecule has 1 saturated heterocycles. The SMILES string of the molecule is CS(=O)(=O)CCC(=O)N1CCNCC1C(=O)O. The maximum atomic E-state index is 11.7. The van der Waals surface area contributed by atoms with Gasteiger partial charge in [0.2, 0.25) is 5.91 Å². The van der Waals surface area contributed by atoms with E-state index in [9.17, 15) is 18.0 Å². The highest BCUT2D eigenvalue weighted by Crippen LogP contribution is 2.07. The molecule has 1 fully saturated rings. The summed E-state index contributed by atoms with van der Waals surface area (Å²) in [5.41, 5.74) is 0. The van der Waals surface area contributed by atoms with Crippen molar-refractivity contribution in [1.29, 1.82) is 0 Å². The molecule has 8 heteroatoms. The predicted molar refractivity (Wildman–Crippen MR) is 60.3 cm³/mol. The van der Waals surface area contributed by atoms with Crippen LogP contribution in [0.25, 0.3) is 0 Å². The maximum Gasteiger partial charge on any atom is 0.327 e. The second-order valence-electron chi connectivity index (χ2n) is 4.03. The van der Waals surface area contributed by atoms with Crippen LogP contribution in [0.5, 0.6) is 0 Å². The zero-order chi connectivity index (χ0) is 13.1. The Kier molecular flexibility index (Phi) is 4.47. The van der Waals surface area contributed by atoms with Gasteiger partial charge in [-0.05, 0) is 0 Å². The fourth-order valence-electron chi connectivity index (χ4n) is 1.64. The number of carbonyl (C=O) groups is 2. The highest BCUT2D eigenvalue weighted by atomic mass is 32.2. The summed E-state index contributed by atoms with van der Waals surface area (Å²) in [4.78, 5) is 23.9. The van der Waals surface area contributed by atoms with E-state index in [0.717, 1.165) is 6.26 Å². The van der Waals surface area contributed by atoms with E-state index in [1.165, 1.54) is 4.90 Å². The van der Waals surface area contributed by atoms with Crippen LogP contribution in [0.2, 0.25) is 0 Å². The largest absolute Gasteiger partial charge is 0.480 e. The fourth-order valence-corrected chi connectivity index (χ4v) is 2.19. The number of nitrogens with zero attached hydrogens (tertiary/aromatic N) is 1. The number of carboxylic acid groups (broad SMARTS) is 1. The zero-order valence-electron chi connectivity index (χ0n) is 9.55. The molecule has 1 amide bonds. The average Bonchev–Trinajstić information content (AvgIpc) is 2.25. The number of aliphatic carboxylic acids is 1. The second kappa shape index (κ2) is 5.46. The lowest BCUT2D eigenvalue weighted by Crippen LogP contribution is -2.57. The lowest BCUT2D eigenvalue weighted by Gasteiger charge is -2.33. The van der Waals surface area contributed by atoms with Gasteiger partial charge in [0.05, 0.1) is 5.75 Å². The smallest absolute Gasteiger partial charge is 0.327 e. The molecule has 0 aromatic heterocycles. The van der Waals surface area contributed by atoms with Crippen molar-refractivity contribution in [3.05, 3.63) is 0 Å². The Morgan fingerprint density at radius 2 is 2.12 bits per heavy atom. The number of amides is 1. The molecule has 0 aromatic carbocycles. The van der Waals surface area contributed by atoms with Crippen LogP contribution >= 0.6 is 0 Å². The summed E-state index contributed by atoms with van der Waals surface area (Å²) in [5.74, 6) is -1.75. The summed E-state index contributed by atoms with van der Waals surface area (Å²) >= 11 is 0. The van der Waals surface area contributed by atoms with Crippen molar-refractivity contribution in [3.8, 4) is 0 Å². The molecule has 0 aliphatic carbocycles. The Hall–Kier alpha value is -1.15. The van der Waals surface area contributed by atoms with Gasteiger partial charge in [0.15, 0.2) is 0 Å². The number of carboxylic acids is 1.